The lowest BCUT2D eigenvalue weighted by Gasteiger charge is -2.35. The molecule has 1 aromatic heterocycles. The molecule has 2 rings (SSSR count). The minimum Gasteiger partial charge on any atom is -0.367 e. The molecule has 1 aromatic rings. The smallest absolute Gasteiger partial charge is 0.137 e. The number of hydrogen-bond acceptors (Lipinski definition) is 4. The highest BCUT2D eigenvalue weighted by atomic mass is 35.5. The first-order valence-electron chi connectivity index (χ1n) is 6.56. The Morgan fingerprint density at radius 2 is 2.28 bits per heavy atom. The highest BCUT2D eigenvalue weighted by Crippen LogP contribution is 2.24. The fraction of sp³-hybridized carbons (Fsp3) is 0.692. The summed E-state index contributed by atoms with van der Waals surface area (Å²) in [5.74, 6) is 1.51. The molecule has 1 N–H and O–H groups in total. The number of rotatable bonds is 3. The van der Waals surface area contributed by atoms with Crippen LogP contribution in [-0.2, 0) is 6.42 Å². The third kappa shape index (κ3) is 2.93. The van der Waals surface area contributed by atoms with Crippen LogP contribution in [0.3, 0.4) is 0 Å². The van der Waals surface area contributed by atoms with Crippen molar-refractivity contribution in [3.05, 3.63) is 17.0 Å². The molecule has 0 spiro atoms. The van der Waals surface area contributed by atoms with E-state index in [0.29, 0.717) is 17.1 Å². The highest BCUT2D eigenvalue weighted by molar-refractivity contribution is 6.30. The summed E-state index contributed by atoms with van der Waals surface area (Å²) < 4.78 is 0. The lowest BCUT2D eigenvalue weighted by Crippen LogP contribution is -2.43. The Hall–Kier alpha value is -0.870. The van der Waals surface area contributed by atoms with Crippen LogP contribution in [0.15, 0.2) is 6.33 Å². The standard InChI is InChI=1S/C13H21ClN4/c1-4-10-12(14)15-8-16-13(10)17-11-5-6-18(3)7-9(11)2/h8-9,11H,4-7H2,1-3H3,(H,15,16,17). The number of nitrogens with one attached hydrogen (secondary N) is 1. The molecule has 2 heterocycles. The summed E-state index contributed by atoms with van der Waals surface area (Å²) in [6.45, 7) is 6.61. The largest absolute Gasteiger partial charge is 0.367 e. The van der Waals surface area contributed by atoms with Crippen LogP contribution in [0, 0.1) is 5.92 Å². The number of halogens is 1. The van der Waals surface area contributed by atoms with Crippen molar-refractivity contribution in [3.63, 3.8) is 0 Å². The van der Waals surface area contributed by atoms with Crippen molar-refractivity contribution in [1.29, 1.82) is 0 Å². The second-order valence-corrected chi connectivity index (χ2v) is 5.48. The van der Waals surface area contributed by atoms with Gasteiger partial charge >= 0.3 is 0 Å². The average Bonchev–Trinajstić information content (AvgIpc) is 2.33. The van der Waals surface area contributed by atoms with Gasteiger partial charge in [0.25, 0.3) is 0 Å². The van der Waals surface area contributed by atoms with E-state index in [1.807, 2.05) is 0 Å². The Morgan fingerprint density at radius 1 is 1.50 bits per heavy atom. The van der Waals surface area contributed by atoms with Crippen LogP contribution in [0.25, 0.3) is 0 Å². The Balaban J connectivity index is 2.12. The summed E-state index contributed by atoms with van der Waals surface area (Å²) in [6, 6.07) is 0.470. The summed E-state index contributed by atoms with van der Waals surface area (Å²) in [7, 11) is 2.17. The van der Waals surface area contributed by atoms with Crippen LogP contribution in [-0.4, -0.2) is 41.0 Å². The first-order valence-corrected chi connectivity index (χ1v) is 6.94. The molecular formula is C13H21ClN4. The summed E-state index contributed by atoms with van der Waals surface area (Å²) in [4.78, 5) is 10.8. The second-order valence-electron chi connectivity index (χ2n) is 5.12. The number of aromatic nitrogens is 2. The predicted octanol–water partition coefficient (Wildman–Crippen LogP) is 2.44. The minimum atomic E-state index is 0.470. The van der Waals surface area contributed by atoms with Crippen molar-refractivity contribution >= 4 is 17.4 Å². The molecule has 1 saturated heterocycles. The van der Waals surface area contributed by atoms with E-state index < -0.39 is 0 Å². The van der Waals surface area contributed by atoms with Crippen LogP contribution in [0.4, 0.5) is 5.82 Å². The van der Waals surface area contributed by atoms with Gasteiger partial charge in [-0.2, -0.15) is 0 Å². The SMILES string of the molecule is CCc1c(Cl)ncnc1NC1CCN(C)CC1C. The van der Waals surface area contributed by atoms with Gasteiger partial charge in [0.2, 0.25) is 0 Å². The van der Waals surface area contributed by atoms with E-state index in [1.54, 1.807) is 0 Å². The number of likely N-dealkylation sites (tertiary alicyclic amines) is 1. The molecule has 0 aliphatic carbocycles. The second kappa shape index (κ2) is 5.85. The van der Waals surface area contributed by atoms with E-state index in [2.05, 4.69) is 41.1 Å². The number of piperidine rings is 1. The maximum Gasteiger partial charge on any atom is 0.137 e. The molecule has 0 radical (unpaired) electrons. The first-order chi connectivity index (χ1) is 8.61. The maximum atomic E-state index is 6.11. The Kier molecular flexibility index (Phi) is 4.40. The summed E-state index contributed by atoms with van der Waals surface area (Å²) in [5.41, 5.74) is 1.02. The molecule has 0 aromatic carbocycles. The molecular weight excluding hydrogens is 248 g/mol. The van der Waals surface area contributed by atoms with E-state index in [-0.39, 0.29) is 0 Å². The fourth-order valence-electron chi connectivity index (χ4n) is 2.57. The van der Waals surface area contributed by atoms with Crippen LogP contribution in [0.1, 0.15) is 25.8 Å². The summed E-state index contributed by atoms with van der Waals surface area (Å²) in [5, 5.41) is 4.11. The number of nitrogens with zero attached hydrogens (tertiary/aromatic N) is 3. The number of hydrogen-bond donors (Lipinski definition) is 1. The fourth-order valence-corrected chi connectivity index (χ4v) is 2.84. The van der Waals surface area contributed by atoms with Crippen molar-refractivity contribution < 1.29 is 0 Å². The first kappa shape index (κ1) is 13.6. The molecule has 1 fully saturated rings. The van der Waals surface area contributed by atoms with Crippen LogP contribution in [0.2, 0.25) is 5.15 Å². The summed E-state index contributed by atoms with van der Waals surface area (Å²) in [6.07, 6.45) is 3.52. The Labute approximate surface area is 114 Å². The highest BCUT2D eigenvalue weighted by Gasteiger charge is 2.25. The monoisotopic (exact) mass is 268 g/mol. The molecule has 18 heavy (non-hydrogen) atoms. The lowest BCUT2D eigenvalue weighted by atomic mass is 9.94. The van der Waals surface area contributed by atoms with E-state index in [9.17, 15) is 0 Å². The van der Waals surface area contributed by atoms with Gasteiger partial charge in [-0.1, -0.05) is 25.4 Å². The number of anilines is 1. The van der Waals surface area contributed by atoms with Crippen molar-refractivity contribution in [2.45, 2.75) is 32.7 Å². The lowest BCUT2D eigenvalue weighted by molar-refractivity contribution is 0.206. The van der Waals surface area contributed by atoms with Gasteiger partial charge in [-0.25, -0.2) is 9.97 Å². The van der Waals surface area contributed by atoms with Crippen molar-refractivity contribution in [2.24, 2.45) is 5.92 Å². The van der Waals surface area contributed by atoms with Gasteiger partial charge in [-0.05, 0) is 32.4 Å². The third-order valence-electron chi connectivity index (χ3n) is 3.68. The van der Waals surface area contributed by atoms with Crippen LogP contribution < -0.4 is 5.32 Å². The van der Waals surface area contributed by atoms with Crippen LogP contribution in [0.5, 0.6) is 0 Å². The molecule has 0 amide bonds. The molecule has 2 unspecified atom stereocenters. The molecule has 1 aliphatic rings. The van der Waals surface area contributed by atoms with Crippen molar-refractivity contribution in [1.82, 2.24) is 14.9 Å². The predicted molar refractivity (Wildman–Crippen MR) is 75.1 cm³/mol. The molecule has 5 heteroatoms. The molecule has 100 valence electrons. The molecule has 4 nitrogen and oxygen atoms in total. The van der Waals surface area contributed by atoms with E-state index >= 15 is 0 Å². The van der Waals surface area contributed by atoms with Gasteiger partial charge in [0.15, 0.2) is 0 Å². The van der Waals surface area contributed by atoms with Gasteiger partial charge in [-0.15, -0.1) is 0 Å². The van der Waals surface area contributed by atoms with Crippen molar-refractivity contribution in [2.75, 3.05) is 25.5 Å². The minimum absolute atomic E-state index is 0.470. The van der Waals surface area contributed by atoms with E-state index in [4.69, 9.17) is 11.6 Å². The van der Waals surface area contributed by atoms with Gasteiger partial charge in [0.1, 0.15) is 17.3 Å². The topological polar surface area (TPSA) is 41.1 Å². The quantitative estimate of drug-likeness (QED) is 0.855. The average molecular weight is 269 g/mol. The van der Waals surface area contributed by atoms with Crippen LogP contribution >= 0.6 is 11.6 Å². The van der Waals surface area contributed by atoms with Gasteiger partial charge in [0.05, 0.1) is 0 Å². The maximum absolute atomic E-state index is 6.11. The Morgan fingerprint density at radius 3 is 2.94 bits per heavy atom. The summed E-state index contributed by atoms with van der Waals surface area (Å²) >= 11 is 6.11. The zero-order valence-corrected chi connectivity index (χ0v) is 12.0. The van der Waals surface area contributed by atoms with E-state index in [1.165, 1.54) is 6.33 Å². The molecule has 0 bridgehead atoms. The third-order valence-corrected chi connectivity index (χ3v) is 4.00. The molecule has 1 aliphatic heterocycles. The van der Waals surface area contributed by atoms with Crippen molar-refractivity contribution in [3.8, 4) is 0 Å². The zero-order valence-electron chi connectivity index (χ0n) is 11.3. The van der Waals surface area contributed by atoms with E-state index in [0.717, 1.165) is 37.3 Å². The zero-order chi connectivity index (χ0) is 13.1. The Bertz CT molecular complexity index is 410. The molecule has 2 atom stereocenters. The van der Waals surface area contributed by atoms with Gasteiger partial charge < -0.3 is 10.2 Å². The normalized spacial score (nSPS) is 25.1. The van der Waals surface area contributed by atoms with Gasteiger partial charge in [0, 0.05) is 18.2 Å². The van der Waals surface area contributed by atoms with Gasteiger partial charge in [-0.3, -0.25) is 0 Å². The molecule has 0 saturated carbocycles.